The van der Waals surface area contributed by atoms with Crippen molar-refractivity contribution in [1.82, 2.24) is 10.2 Å². The van der Waals surface area contributed by atoms with Crippen LogP contribution >= 0.6 is 12.4 Å². The fraction of sp³-hybridized carbons (Fsp3) is 0.562. The molecule has 3 rings (SSSR count). The van der Waals surface area contributed by atoms with Gasteiger partial charge in [-0.15, -0.1) is 12.4 Å². The summed E-state index contributed by atoms with van der Waals surface area (Å²) in [5.74, 6) is -3.25. The fourth-order valence-electron chi connectivity index (χ4n) is 3.27. The van der Waals surface area contributed by atoms with E-state index < -0.39 is 38.2 Å². The Morgan fingerprint density at radius 3 is 2.27 bits per heavy atom. The summed E-state index contributed by atoms with van der Waals surface area (Å²) in [5, 5.41) is 3.22. The second-order valence-corrected chi connectivity index (χ2v) is 8.41. The van der Waals surface area contributed by atoms with Crippen LogP contribution in [0.15, 0.2) is 17.0 Å². The zero-order valence-electron chi connectivity index (χ0n) is 14.2. The number of hydrogen-bond acceptors (Lipinski definition) is 5. The van der Waals surface area contributed by atoms with E-state index in [2.05, 4.69) is 5.32 Å². The number of carbonyl (C=O) groups is 1. The number of piperidine rings is 1. The van der Waals surface area contributed by atoms with Crippen LogP contribution in [0.2, 0.25) is 0 Å². The molecule has 2 saturated heterocycles. The van der Waals surface area contributed by atoms with E-state index in [-0.39, 0.29) is 24.4 Å². The molecule has 2 fully saturated rings. The quantitative estimate of drug-likeness (QED) is 0.814. The number of halogens is 3. The lowest BCUT2D eigenvalue weighted by molar-refractivity contribution is -0.135. The summed E-state index contributed by atoms with van der Waals surface area (Å²) in [6.45, 7) is 2.14. The van der Waals surface area contributed by atoms with E-state index in [0.717, 1.165) is 32.2 Å². The fourth-order valence-corrected chi connectivity index (χ4v) is 3.91. The van der Waals surface area contributed by atoms with E-state index >= 15 is 0 Å². The zero-order chi connectivity index (χ0) is 18.2. The summed E-state index contributed by atoms with van der Waals surface area (Å²) in [4.78, 5) is 13.7. The van der Waals surface area contributed by atoms with Crippen LogP contribution in [0.3, 0.4) is 0 Å². The van der Waals surface area contributed by atoms with Crippen LogP contribution < -0.4 is 10.1 Å². The van der Waals surface area contributed by atoms with Gasteiger partial charge < -0.3 is 15.0 Å². The third-order valence-electron chi connectivity index (χ3n) is 4.60. The third kappa shape index (κ3) is 4.27. The molecule has 0 aromatic heterocycles. The monoisotopic (exact) mass is 410 g/mol. The molecule has 2 aliphatic rings. The molecule has 0 radical (unpaired) electrons. The minimum atomic E-state index is -3.74. The minimum Gasteiger partial charge on any atom is -0.474 e. The minimum absolute atomic E-state index is 0. The van der Waals surface area contributed by atoms with Crippen LogP contribution in [0.1, 0.15) is 19.3 Å². The maximum Gasteiger partial charge on any atom is 0.263 e. The zero-order valence-corrected chi connectivity index (χ0v) is 15.8. The molecule has 1 amide bonds. The third-order valence-corrected chi connectivity index (χ3v) is 5.69. The first-order valence-electron chi connectivity index (χ1n) is 8.14. The van der Waals surface area contributed by atoms with Crippen LogP contribution in [0, 0.1) is 11.6 Å². The van der Waals surface area contributed by atoms with Crippen LogP contribution in [0.25, 0.3) is 0 Å². The average molecular weight is 411 g/mol. The van der Waals surface area contributed by atoms with E-state index in [1.54, 1.807) is 4.90 Å². The van der Waals surface area contributed by atoms with Gasteiger partial charge in [-0.3, -0.25) is 4.79 Å². The Bertz CT molecular complexity index is 761. The summed E-state index contributed by atoms with van der Waals surface area (Å²) in [6, 6.07) is 1.53. The van der Waals surface area contributed by atoms with Crippen molar-refractivity contribution in [3.05, 3.63) is 23.8 Å². The molecule has 0 saturated carbocycles. The number of amides is 1. The maximum absolute atomic E-state index is 14.1. The second-order valence-electron chi connectivity index (χ2n) is 6.40. The first-order valence-corrected chi connectivity index (χ1v) is 10.0. The van der Waals surface area contributed by atoms with Crippen molar-refractivity contribution in [1.29, 1.82) is 0 Å². The number of sulfone groups is 1. The van der Waals surface area contributed by atoms with Gasteiger partial charge in [0.25, 0.3) is 5.91 Å². The molecule has 1 N–H and O–H groups in total. The highest BCUT2D eigenvalue weighted by Crippen LogP contribution is 2.29. The molecule has 2 aliphatic heterocycles. The predicted molar refractivity (Wildman–Crippen MR) is 93.4 cm³/mol. The summed E-state index contributed by atoms with van der Waals surface area (Å²) in [5.41, 5.74) is 0. The Kier molecular flexibility index (Phi) is 6.46. The summed E-state index contributed by atoms with van der Waals surface area (Å²) in [7, 11) is -3.74. The molecular formula is C16H21ClF2N2O4S. The summed E-state index contributed by atoms with van der Waals surface area (Å²) < 4.78 is 56.4. The standard InChI is InChI=1S/C16H20F2N2O4S.ClH/c1-25(22,23)11-8-12(17)15(13(18)9-11)24-14-4-7-20(16(14)21)10-2-5-19-6-3-10;/h8-10,14,19H,2-7H2,1H3;1H. The lowest BCUT2D eigenvalue weighted by Gasteiger charge is -2.31. The highest BCUT2D eigenvalue weighted by atomic mass is 35.5. The smallest absolute Gasteiger partial charge is 0.263 e. The SMILES string of the molecule is CS(=O)(=O)c1cc(F)c(OC2CCN(C3CCNCC3)C2=O)c(F)c1.Cl. The van der Waals surface area contributed by atoms with Gasteiger partial charge in [-0.2, -0.15) is 0 Å². The maximum atomic E-state index is 14.1. The van der Waals surface area contributed by atoms with Crippen LogP contribution in [0.4, 0.5) is 8.78 Å². The van der Waals surface area contributed by atoms with Gasteiger partial charge in [-0.25, -0.2) is 17.2 Å². The van der Waals surface area contributed by atoms with Crippen LogP contribution in [-0.4, -0.2) is 57.3 Å². The molecule has 1 atom stereocenters. The van der Waals surface area contributed by atoms with Crippen molar-refractivity contribution < 1.29 is 26.7 Å². The molecule has 0 spiro atoms. The second kappa shape index (κ2) is 8.06. The van der Waals surface area contributed by atoms with Gasteiger partial charge in [0.05, 0.1) is 4.90 Å². The number of nitrogens with one attached hydrogen (secondary N) is 1. The van der Waals surface area contributed by atoms with E-state index in [1.165, 1.54) is 0 Å². The van der Waals surface area contributed by atoms with Crippen molar-refractivity contribution in [2.45, 2.75) is 36.3 Å². The van der Waals surface area contributed by atoms with Crippen molar-refractivity contribution >= 4 is 28.2 Å². The molecule has 2 heterocycles. The summed E-state index contributed by atoms with van der Waals surface area (Å²) >= 11 is 0. The number of nitrogens with zero attached hydrogens (tertiary/aromatic N) is 1. The van der Waals surface area contributed by atoms with E-state index in [0.29, 0.717) is 25.1 Å². The Hall–Kier alpha value is -1.45. The Labute approximate surface area is 157 Å². The van der Waals surface area contributed by atoms with Crippen molar-refractivity contribution in [3.63, 3.8) is 0 Å². The topological polar surface area (TPSA) is 75.7 Å². The first-order chi connectivity index (χ1) is 11.8. The van der Waals surface area contributed by atoms with Crippen molar-refractivity contribution in [2.24, 2.45) is 0 Å². The molecule has 146 valence electrons. The Morgan fingerprint density at radius 2 is 1.73 bits per heavy atom. The van der Waals surface area contributed by atoms with Gasteiger partial charge in [-0.1, -0.05) is 0 Å². The average Bonchev–Trinajstić information content (AvgIpc) is 2.91. The molecule has 1 aromatic rings. The normalized spacial score (nSPS) is 21.6. The molecular weight excluding hydrogens is 390 g/mol. The molecule has 26 heavy (non-hydrogen) atoms. The summed E-state index contributed by atoms with van der Waals surface area (Å²) in [6.07, 6.45) is 1.92. The van der Waals surface area contributed by atoms with Crippen molar-refractivity contribution in [3.8, 4) is 5.75 Å². The van der Waals surface area contributed by atoms with E-state index in [1.807, 2.05) is 0 Å². The highest BCUT2D eigenvalue weighted by Gasteiger charge is 2.38. The van der Waals surface area contributed by atoms with Crippen molar-refractivity contribution in [2.75, 3.05) is 25.9 Å². The largest absolute Gasteiger partial charge is 0.474 e. The van der Waals surface area contributed by atoms with Gasteiger partial charge in [0.15, 0.2) is 33.3 Å². The molecule has 10 heteroatoms. The number of ether oxygens (including phenoxy) is 1. The lowest BCUT2D eigenvalue weighted by Crippen LogP contribution is -2.45. The first kappa shape index (κ1) is 20.9. The number of hydrogen-bond donors (Lipinski definition) is 1. The van der Waals surface area contributed by atoms with E-state index in [4.69, 9.17) is 4.74 Å². The van der Waals surface area contributed by atoms with E-state index in [9.17, 15) is 22.0 Å². The number of likely N-dealkylation sites (tertiary alicyclic amines) is 1. The van der Waals surface area contributed by atoms with Crippen LogP contribution in [-0.2, 0) is 14.6 Å². The number of rotatable bonds is 4. The predicted octanol–water partition coefficient (Wildman–Crippen LogP) is 1.52. The van der Waals surface area contributed by atoms with Gasteiger partial charge in [-0.05, 0) is 38.1 Å². The van der Waals surface area contributed by atoms with Gasteiger partial charge >= 0.3 is 0 Å². The number of carbonyl (C=O) groups excluding carboxylic acids is 1. The molecule has 0 bridgehead atoms. The number of benzene rings is 1. The van der Waals surface area contributed by atoms with Gasteiger partial charge in [0.1, 0.15) is 0 Å². The molecule has 0 aliphatic carbocycles. The Balaban J connectivity index is 0.00000243. The molecule has 6 nitrogen and oxygen atoms in total. The highest BCUT2D eigenvalue weighted by molar-refractivity contribution is 7.90. The Morgan fingerprint density at radius 1 is 1.15 bits per heavy atom. The van der Waals surface area contributed by atoms with Gasteiger partial charge in [0.2, 0.25) is 0 Å². The molecule has 1 unspecified atom stereocenters. The lowest BCUT2D eigenvalue weighted by atomic mass is 10.1. The molecule has 1 aromatic carbocycles. The van der Waals surface area contributed by atoms with Crippen LogP contribution in [0.5, 0.6) is 5.75 Å². The van der Waals surface area contributed by atoms with Gasteiger partial charge in [0, 0.05) is 25.3 Å².